The third-order valence-corrected chi connectivity index (χ3v) is 6.61. The molecule has 1 aliphatic heterocycles. The molecule has 0 aliphatic carbocycles. The van der Waals surface area contributed by atoms with E-state index in [4.69, 9.17) is 9.84 Å². The average Bonchev–Trinajstić information content (AvgIpc) is 2.88. The number of piperazine rings is 1. The van der Waals surface area contributed by atoms with Crippen LogP contribution in [-0.4, -0.2) is 58.1 Å². The number of anilines is 3. The number of aromatic nitrogens is 2. The van der Waals surface area contributed by atoms with Gasteiger partial charge in [0.25, 0.3) is 0 Å². The van der Waals surface area contributed by atoms with Crippen LogP contribution in [0.25, 0.3) is 0 Å². The van der Waals surface area contributed by atoms with Crippen molar-refractivity contribution < 1.29 is 32.2 Å². The second-order valence-corrected chi connectivity index (χ2v) is 9.56. The van der Waals surface area contributed by atoms with Crippen molar-refractivity contribution in [2.75, 3.05) is 43.0 Å². The summed E-state index contributed by atoms with van der Waals surface area (Å²) in [5.74, 6) is -0.726. The van der Waals surface area contributed by atoms with Gasteiger partial charge in [0.15, 0.2) is 5.69 Å². The van der Waals surface area contributed by atoms with E-state index in [2.05, 4.69) is 19.6 Å². The summed E-state index contributed by atoms with van der Waals surface area (Å²) in [7, 11) is 0. The molecule has 0 atom stereocenters. The number of carboxylic acid groups (broad SMARTS) is 1. The van der Waals surface area contributed by atoms with Gasteiger partial charge in [0, 0.05) is 49.2 Å². The van der Waals surface area contributed by atoms with E-state index in [0.717, 1.165) is 11.0 Å². The van der Waals surface area contributed by atoms with Gasteiger partial charge in [-0.05, 0) is 66.9 Å². The number of alkyl halides is 3. The summed E-state index contributed by atoms with van der Waals surface area (Å²) in [5, 5.41) is 11.5. The zero-order valence-corrected chi connectivity index (χ0v) is 20.9. The first kappa shape index (κ1) is 27.5. The number of hydrogen-bond acceptors (Lipinski definition) is 8. The molecular weight excluding hydrogens is 526 g/mol. The second kappa shape index (κ2) is 12.3. The molecule has 0 bridgehead atoms. The van der Waals surface area contributed by atoms with Crippen molar-refractivity contribution in [1.29, 1.82) is 0 Å². The summed E-state index contributed by atoms with van der Waals surface area (Å²) < 4.78 is 61.4. The molecule has 0 spiro atoms. The molecule has 1 aliphatic rings. The van der Waals surface area contributed by atoms with Crippen molar-refractivity contribution in [3.63, 3.8) is 0 Å². The van der Waals surface area contributed by atoms with Crippen LogP contribution in [0.4, 0.5) is 35.0 Å². The smallest absolute Gasteiger partial charge is 0.433 e. The van der Waals surface area contributed by atoms with Crippen molar-refractivity contribution in [1.82, 2.24) is 14.3 Å². The number of nitrogens with one attached hydrogen (secondary N) is 1. The van der Waals surface area contributed by atoms with Crippen LogP contribution in [-0.2, 0) is 11.0 Å². The van der Waals surface area contributed by atoms with E-state index in [-0.39, 0.29) is 18.2 Å². The highest BCUT2D eigenvalue weighted by Crippen LogP contribution is 2.32. The molecule has 1 aromatic heterocycles. The van der Waals surface area contributed by atoms with Crippen molar-refractivity contribution in [2.24, 2.45) is 0 Å². The van der Waals surface area contributed by atoms with E-state index in [1.807, 2.05) is 24.3 Å². The number of hydrogen-bond donors (Lipinski definition) is 2. The van der Waals surface area contributed by atoms with Gasteiger partial charge in [0.2, 0.25) is 5.95 Å². The largest absolute Gasteiger partial charge is 0.494 e. The molecule has 202 valence electrons. The molecule has 2 N–H and O–H groups in total. The number of carbonyl (C=O) groups is 1. The zero-order valence-electron chi connectivity index (χ0n) is 20.1. The van der Waals surface area contributed by atoms with Crippen LogP contribution in [0.2, 0.25) is 0 Å². The SMILES string of the molecule is O=C(O)CCCOc1ccc(SN2CCN(c3nc(Nc4ccc(F)cc4)cc(C(F)(F)F)n3)CC2)cc1. The quantitative estimate of drug-likeness (QED) is 0.194. The number of rotatable bonds is 10. The Bertz CT molecular complexity index is 1220. The molecular formula is C25H25F4N5O3S. The molecule has 8 nitrogen and oxygen atoms in total. The maximum atomic E-state index is 13.5. The molecule has 4 rings (SSSR count). The number of nitrogens with zero attached hydrogens (tertiary/aromatic N) is 4. The fraction of sp³-hybridized carbons (Fsp3) is 0.320. The lowest BCUT2D eigenvalue weighted by Crippen LogP contribution is -2.44. The summed E-state index contributed by atoms with van der Waals surface area (Å²) in [5.41, 5.74) is -0.656. The predicted octanol–water partition coefficient (Wildman–Crippen LogP) is 5.45. The van der Waals surface area contributed by atoms with Crippen molar-refractivity contribution in [3.05, 3.63) is 66.1 Å². The molecule has 1 fully saturated rings. The monoisotopic (exact) mass is 551 g/mol. The molecule has 3 aromatic rings. The van der Waals surface area contributed by atoms with Crippen LogP contribution in [0.15, 0.2) is 59.5 Å². The predicted molar refractivity (Wildman–Crippen MR) is 135 cm³/mol. The van der Waals surface area contributed by atoms with Crippen molar-refractivity contribution in [2.45, 2.75) is 23.9 Å². The highest BCUT2D eigenvalue weighted by molar-refractivity contribution is 7.97. The minimum absolute atomic E-state index is 0.0292. The van der Waals surface area contributed by atoms with E-state index in [0.29, 0.717) is 50.6 Å². The Morgan fingerprint density at radius 2 is 1.71 bits per heavy atom. The maximum Gasteiger partial charge on any atom is 0.433 e. The summed E-state index contributed by atoms with van der Waals surface area (Å²) in [6, 6.07) is 13.5. The summed E-state index contributed by atoms with van der Waals surface area (Å²) in [6.45, 7) is 2.31. The van der Waals surface area contributed by atoms with Gasteiger partial charge in [-0.1, -0.05) is 0 Å². The Morgan fingerprint density at radius 3 is 2.34 bits per heavy atom. The number of carboxylic acids is 1. The fourth-order valence-electron chi connectivity index (χ4n) is 3.60. The number of aliphatic carboxylic acids is 1. The summed E-state index contributed by atoms with van der Waals surface area (Å²) in [6.07, 6.45) is -4.17. The number of ether oxygens (including phenoxy) is 1. The van der Waals surface area contributed by atoms with Gasteiger partial charge in [-0.15, -0.1) is 0 Å². The van der Waals surface area contributed by atoms with E-state index in [9.17, 15) is 22.4 Å². The number of halogens is 4. The van der Waals surface area contributed by atoms with Crippen LogP contribution in [0, 0.1) is 5.82 Å². The first-order valence-electron chi connectivity index (χ1n) is 11.8. The van der Waals surface area contributed by atoms with E-state index >= 15 is 0 Å². The molecule has 2 aromatic carbocycles. The van der Waals surface area contributed by atoms with Gasteiger partial charge in [0.1, 0.15) is 17.4 Å². The molecule has 1 saturated heterocycles. The first-order chi connectivity index (χ1) is 18.2. The molecule has 0 saturated carbocycles. The van der Waals surface area contributed by atoms with Crippen LogP contribution in [0.3, 0.4) is 0 Å². The Hall–Kier alpha value is -3.58. The number of benzene rings is 2. The highest BCUT2D eigenvalue weighted by Gasteiger charge is 2.34. The molecule has 38 heavy (non-hydrogen) atoms. The van der Waals surface area contributed by atoms with Crippen LogP contribution in [0.1, 0.15) is 18.5 Å². The zero-order chi connectivity index (χ0) is 27.1. The van der Waals surface area contributed by atoms with Crippen LogP contribution >= 0.6 is 11.9 Å². The van der Waals surface area contributed by atoms with Gasteiger partial charge >= 0.3 is 12.1 Å². The Balaban J connectivity index is 1.35. The molecule has 2 heterocycles. The fourth-order valence-corrected chi connectivity index (χ4v) is 4.51. The minimum atomic E-state index is -4.65. The van der Waals surface area contributed by atoms with Gasteiger partial charge in [-0.2, -0.15) is 18.2 Å². The summed E-state index contributed by atoms with van der Waals surface area (Å²) in [4.78, 5) is 21.3. The Labute approximate surface area is 220 Å². The van der Waals surface area contributed by atoms with Gasteiger partial charge in [0.05, 0.1) is 6.61 Å². The molecule has 0 radical (unpaired) electrons. The lowest BCUT2D eigenvalue weighted by Gasteiger charge is -2.34. The third-order valence-electron chi connectivity index (χ3n) is 5.50. The second-order valence-electron chi connectivity index (χ2n) is 8.39. The van der Waals surface area contributed by atoms with Gasteiger partial charge in [-0.25, -0.2) is 13.7 Å². The third kappa shape index (κ3) is 7.96. The van der Waals surface area contributed by atoms with Crippen molar-refractivity contribution >= 4 is 35.4 Å². The molecule has 13 heteroatoms. The minimum Gasteiger partial charge on any atom is -0.494 e. The van der Waals surface area contributed by atoms with Gasteiger partial charge in [-0.3, -0.25) is 4.79 Å². The molecule has 0 amide bonds. The van der Waals surface area contributed by atoms with Crippen LogP contribution < -0.4 is 15.0 Å². The lowest BCUT2D eigenvalue weighted by atomic mass is 10.3. The van der Waals surface area contributed by atoms with Gasteiger partial charge < -0.3 is 20.1 Å². The highest BCUT2D eigenvalue weighted by atomic mass is 32.2. The summed E-state index contributed by atoms with van der Waals surface area (Å²) >= 11 is 1.53. The average molecular weight is 552 g/mol. The van der Waals surface area contributed by atoms with E-state index in [1.54, 1.807) is 4.90 Å². The van der Waals surface area contributed by atoms with Crippen LogP contribution in [0.5, 0.6) is 5.75 Å². The Kier molecular flexibility index (Phi) is 8.89. The lowest BCUT2D eigenvalue weighted by molar-refractivity contribution is -0.141. The Morgan fingerprint density at radius 1 is 1.03 bits per heavy atom. The standard InChI is InChI=1S/C25H25F4N5O3S/c26-17-3-5-18(6-4-17)30-22-16-21(25(27,28)29)31-24(32-22)33-11-13-34(14-12-33)38-20-9-7-19(8-10-20)37-15-1-2-23(35)36/h3-10,16H,1-2,11-15H2,(H,35,36)(H,30,31,32). The van der Waals surface area contributed by atoms with E-state index in [1.165, 1.54) is 36.2 Å². The van der Waals surface area contributed by atoms with E-state index < -0.39 is 23.7 Å². The normalized spacial score (nSPS) is 14.4. The topological polar surface area (TPSA) is 90.8 Å². The molecule has 0 unspecified atom stereocenters. The first-order valence-corrected chi connectivity index (χ1v) is 12.5. The maximum absolute atomic E-state index is 13.5. The van der Waals surface area contributed by atoms with Crippen molar-refractivity contribution in [3.8, 4) is 5.75 Å².